The largest absolute Gasteiger partial charge is 0.351 e. The maximum Gasteiger partial charge on any atom is 0.323 e. The molecule has 2 aromatic heterocycles. The highest BCUT2D eigenvalue weighted by atomic mass is 16.2. The lowest BCUT2D eigenvalue weighted by molar-refractivity contribution is 0.262. The predicted molar refractivity (Wildman–Crippen MR) is 121 cm³/mol. The summed E-state index contributed by atoms with van der Waals surface area (Å²) in [6, 6.07) is 17.4. The summed E-state index contributed by atoms with van der Waals surface area (Å²) in [6.45, 7) is 5.45. The van der Waals surface area contributed by atoms with Gasteiger partial charge in [-0.3, -0.25) is 0 Å². The minimum atomic E-state index is -0.241. The lowest BCUT2D eigenvalue weighted by Crippen LogP contribution is -2.32. The minimum Gasteiger partial charge on any atom is -0.351 e. The maximum absolute atomic E-state index is 12.5. The molecule has 8 nitrogen and oxygen atoms in total. The van der Waals surface area contributed by atoms with Crippen molar-refractivity contribution < 1.29 is 4.79 Å². The molecule has 1 aliphatic rings. The summed E-state index contributed by atoms with van der Waals surface area (Å²) in [7, 11) is 0. The molecule has 0 unspecified atom stereocenters. The van der Waals surface area contributed by atoms with E-state index >= 15 is 0 Å². The Morgan fingerprint density at radius 1 is 0.968 bits per heavy atom. The van der Waals surface area contributed by atoms with Gasteiger partial charge in [-0.2, -0.15) is 4.52 Å². The van der Waals surface area contributed by atoms with Crippen molar-refractivity contribution in [1.29, 1.82) is 0 Å². The van der Waals surface area contributed by atoms with Crippen LogP contribution in [0.2, 0.25) is 0 Å². The van der Waals surface area contributed by atoms with Crippen LogP contribution in [0.3, 0.4) is 0 Å². The highest BCUT2D eigenvalue weighted by Crippen LogP contribution is 2.28. The zero-order valence-corrected chi connectivity index (χ0v) is 17.5. The second kappa shape index (κ2) is 7.71. The summed E-state index contributed by atoms with van der Waals surface area (Å²) in [5.74, 6) is 1.65. The molecule has 0 fully saturated rings. The smallest absolute Gasteiger partial charge is 0.323 e. The summed E-state index contributed by atoms with van der Waals surface area (Å²) in [5, 5.41) is 18.8. The van der Waals surface area contributed by atoms with Crippen LogP contribution >= 0.6 is 0 Å². The zero-order valence-electron chi connectivity index (χ0n) is 17.5. The molecule has 0 saturated carbocycles. The first-order chi connectivity index (χ1) is 15.1. The average Bonchev–Trinajstić information content (AvgIpc) is 3.15. The molecule has 8 heteroatoms. The van der Waals surface area contributed by atoms with Crippen molar-refractivity contribution >= 4 is 28.9 Å². The van der Waals surface area contributed by atoms with E-state index in [0.717, 1.165) is 53.7 Å². The number of carbonyl (C=O) groups is 1. The van der Waals surface area contributed by atoms with Crippen LogP contribution in [0.4, 0.5) is 22.0 Å². The van der Waals surface area contributed by atoms with Crippen molar-refractivity contribution in [1.82, 2.24) is 19.8 Å². The minimum absolute atomic E-state index is 0.241. The Hall–Kier alpha value is -3.94. The molecule has 0 bridgehead atoms. The number of fused-ring (bicyclic) bond motifs is 2. The number of hydrogen-bond donors (Lipinski definition) is 2. The second-order valence-electron chi connectivity index (χ2n) is 7.77. The van der Waals surface area contributed by atoms with Gasteiger partial charge >= 0.3 is 6.03 Å². The highest BCUT2D eigenvalue weighted by Gasteiger charge is 2.21. The van der Waals surface area contributed by atoms with Crippen molar-refractivity contribution in [2.24, 2.45) is 0 Å². The molecule has 2 N–H and O–H groups in total. The topological polar surface area (TPSA) is 87.5 Å². The number of nitrogens with zero attached hydrogens (tertiary/aromatic N) is 5. The van der Waals surface area contributed by atoms with Crippen molar-refractivity contribution in [3.05, 3.63) is 77.1 Å². The Kier molecular flexibility index (Phi) is 4.74. The van der Waals surface area contributed by atoms with E-state index in [0.29, 0.717) is 0 Å². The van der Waals surface area contributed by atoms with E-state index in [4.69, 9.17) is 5.10 Å². The SMILES string of the molecule is Cc1ccc(NC(=O)Nc2cccc3c2CCN(c2ccc4nnc(C)n4n2)C3)cc1. The van der Waals surface area contributed by atoms with Gasteiger partial charge in [0.1, 0.15) is 5.82 Å². The number of aryl methyl sites for hydroxylation is 2. The molecular weight excluding hydrogens is 390 g/mol. The van der Waals surface area contributed by atoms with Crippen molar-refractivity contribution in [3.8, 4) is 0 Å². The van der Waals surface area contributed by atoms with Gasteiger partial charge in [-0.1, -0.05) is 29.8 Å². The first-order valence-electron chi connectivity index (χ1n) is 10.3. The Morgan fingerprint density at radius 2 is 1.81 bits per heavy atom. The highest BCUT2D eigenvalue weighted by molar-refractivity contribution is 6.00. The van der Waals surface area contributed by atoms with Gasteiger partial charge in [0.25, 0.3) is 0 Å². The van der Waals surface area contributed by atoms with Gasteiger partial charge in [0.05, 0.1) is 0 Å². The normalized spacial score (nSPS) is 13.2. The third kappa shape index (κ3) is 3.79. The lowest BCUT2D eigenvalue weighted by atomic mass is 9.97. The molecule has 0 radical (unpaired) electrons. The Labute approximate surface area is 179 Å². The fraction of sp³-hybridized carbons (Fsp3) is 0.217. The van der Waals surface area contributed by atoms with Gasteiger partial charge < -0.3 is 15.5 Å². The summed E-state index contributed by atoms with van der Waals surface area (Å²) in [5.41, 5.74) is 5.86. The van der Waals surface area contributed by atoms with E-state index in [2.05, 4.69) is 31.8 Å². The number of amides is 2. The third-order valence-electron chi connectivity index (χ3n) is 5.55. The Morgan fingerprint density at radius 3 is 2.65 bits per heavy atom. The quantitative estimate of drug-likeness (QED) is 0.531. The van der Waals surface area contributed by atoms with Crippen molar-refractivity contribution in [3.63, 3.8) is 0 Å². The first kappa shape index (κ1) is 19.0. The molecule has 3 heterocycles. The molecule has 2 aromatic carbocycles. The van der Waals surface area contributed by atoms with Gasteiger partial charge in [0.2, 0.25) is 0 Å². The predicted octanol–water partition coefficient (Wildman–Crippen LogP) is 3.95. The van der Waals surface area contributed by atoms with E-state index in [1.165, 1.54) is 11.1 Å². The number of benzene rings is 2. The van der Waals surface area contributed by atoms with E-state index in [-0.39, 0.29) is 6.03 Å². The molecule has 31 heavy (non-hydrogen) atoms. The fourth-order valence-corrected chi connectivity index (χ4v) is 3.90. The van der Waals surface area contributed by atoms with Gasteiger partial charge in [-0.05, 0) is 61.7 Å². The van der Waals surface area contributed by atoms with E-state index in [9.17, 15) is 4.79 Å². The third-order valence-corrected chi connectivity index (χ3v) is 5.55. The average molecular weight is 413 g/mol. The van der Waals surface area contributed by atoms with Crippen LogP contribution in [0.5, 0.6) is 0 Å². The summed E-state index contributed by atoms with van der Waals surface area (Å²) >= 11 is 0. The van der Waals surface area contributed by atoms with Gasteiger partial charge in [0.15, 0.2) is 11.5 Å². The molecule has 0 saturated heterocycles. The van der Waals surface area contributed by atoms with E-state index < -0.39 is 0 Å². The molecular formula is C23H23N7O. The number of urea groups is 1. The Balaban J connectivity index is 1.33. The number of aromatic nitrogens is 4. The van der Waals surface area contributed by atoms with Gasteiger partial charge in [0, 0.05) is 24.5 Å². The molecule has 2 amide bonds. The summed E-state index contributed by atoms with van der Waals surface area (Å²) < 4.78 is 1.76. The maximum atomic E-state index is 12.5. The van der Waals surface area contributed by atoms with E-state index in [1.807, 2.05) is 62.4 Å². The van der Waals surface area contributed by atoms with Crippen LogP contribution in [0, 0.1) is 13.8 Å². The summed E-state index contributed by atoms with van der Waals surface area (Å²) in [6.07, 6.45) is 0.817. The van der Waals surface area contributed by atoms with Crippen molar-refractivity contribution in [2.45, 2.75) is 26.8 Å². The summed E-state index contributed by atoms with van der Waals surface area (Å²) in [4.78, 5) is 14.7. The molecule has 156 valence electrons. The standard InChI is InChI=1S/C23H23N7O/c1-15-6-8-18(9-7-15)24-23(31)25-20-5-3-4-17-14-29(13-12-19(17)20)22-11-10-21-27-26-16(2)30(21)28-22/h3-11H,12-14H2,1-2H3,(H2,24,25,31). The molecule has 4 aromatic rings. The monoisotopic (exact) mass is 413 g/mol. The lowest BCUT2D eigenvalue weighted by Gasteiger charge is -2.31. The molecule has 0 spiro atoms. The van der Waals surface area contributed by atoms with Crippen LogP contribution in [-0.2, 0) is 13.0 Å². The number of hydrogen-bond acceptors (Lipinski definition) is 5. The number of anilines is 3. The number of rotatable bonds is 3. The van der Waals surface area contributed by atoms with Crippen LogP contribution in [0.25, 0.3) is 5.65 Å². The van der Waals surface area contributed by atoms with Gasteiger partial charge in [-0.15, -0.1) is 15.3 Å². The molecule has 5 rings (SSSR count). The first-order valence-corrected chi connectivity index (χ1v) is 10.3. The van der Waals surface area contributed by atoms with Crippen LogP contribution < -0.4 is 15.5 Å². The number of carbonyl (C=O) groups excluding carboxylic acids is 1. The van der Waals surface area contributed by atoms with E-state index in [1.54, 1.807) is 4.52 Å². The van der Waals surface area contributed by atoms with Crippen LogP contribution in [0.1, 0.15) is 22.5 Å². The van der Waals surface area contributed by atoms with Crippen LogP contribution in [-0.4, -0.2) is 32.4 Å². The fourth-order valence-electron chi connectivity index (χ4n) is 3.90. The second-order valence-corrected chi connectivity index (χ2v) is 7.77. The molecule has 1 aliphatic heterocycles. The number of nitrogens with one attached hydrogen (secondary N) is 2. The van der Waals surface area contributed by atoms with Crippen molar-refractivity contribution in [2.75, 3.05) is 22.1 Å². The molecule has 0 atom stereocenters. The van der Waals surface area contributed by atoms with Gasteiger partial charge in [-0.25, -0.2) is 4.79 Å². The molecule has 0 aliphatic carbocycles. The Bertz CT molecular complexity index is 1260. The van der Waals surface area contributed by atoms with Crippen LogP contribution in [0.15, 0.2) is 54.6 Å². The zero-order chi connectivity index (χ0) is 21.4.